The maximum Gasteiger partial charge on any atom is 0.259 e. The topological polar surface area (TPSA) is 102 Å². The minimum absolute atomic E-state index is 0. The van der Waals surface area contributed by atoms with Crippen LogP contribution in [0.1, 0.15) is 24.0 Å². The van der Waals surface area contributed by atoms with Gasteiger partial charge in [0.15, 0.2) is 0 Å². The summed E-state index contributed by atoms with van der Waals surface area (Å²) >= 11 is 0. The van der Waals surface area contributed by atoms with E-state index in [4.69, 9.17) is 10.5 Å². The van der Waals surface area contributed by atoms with Gasteiger partial charge in [-0.1, -0.05) is 12.1 Å². The Bertz CT molecular complexity index is 795. The van der Waals surface area contributed by atoms with Crippen molar-refractivity contribution in [2.45, 2.75) is 18.6 Å². The maximum atomic E-state index is 11.7. The molecule has 0 saturated carbocycles. The number of fused-ring (bicyclic) bond motifs is 1. The van der Waals surface area contributed by atoms with E-state index in [2.05, 4.69) is 11.3 Å². The van der Waals surface area contributed by atoms with Crippen LogP contribution in [0.2, 0.25) is 0 Å². The van der Waals surface area contributed by atoms with E-state index in [9.17, 15) is 13.2 Å². The van der Waals surface area contributed by atoms with Gasteiger partial charge in [-0.2, -0.15) is 0 Å². The summed E-state index contributed by atoms with van der Waals surface area (Å²) in [4.78, 5) is 13.1. The van der Waals surface area contributed by atoms with Gasteiger partial charge in [-0.15, -0.1) is 4.40 Å². The fraction of sp³-hybridized carbons (Fsp3) is 0.438. The first kappa shape index (κ1) is 20.2. The van der Waals surface area contributed by atoms with Gasteiger partial charge in [0, 0.05) is 51.7 Å². The van der Waals surface area contributed by atoms with Gasteiger partial charge in [-0.25, -0.2) is 8.42 Å². The van der Waals surface area contributed by atoms with Gasteiger partial charge in [0.1, 0.15) is 11.6 Å². The predicted octanol–water partition coefficient (Wildman–Crippen LogP) is 0.684. The van der Waals surface area contributed by atoms with Crippen LogP contribution in [0.4, 0.5) is 0 Å². The minimum atomic E-state index is -3.56. The van der Waals surface area contributed by atoms with E-state index in [0.717, 1.165) is 19.4 Å². The maximum absolute atomic E-state index is 11.7. The second kappa shape index (κ2) is 8.06. The molecular formula is C16H20N3O4SY-. The van der Waals surface area contributed by atoms with E-state index in [-0.39, 0.29) is 56.1 Å². The Morgan fingerprint density at radius 2 is 2.20 bits per heavy atom. The van der Waals surface area contributed by atoms with Crippen molar-refractivity contribution in [1.29, 1.82) is 0 Å². The van der Waals surface area contributed by atoms with Crippen molar-refractivity contribution in [2.75, 3.05) is 19.7 Å². The van der Waals surface area contributed by atoms with E-state index < -0.39 is 10.0 Å². The van der Waals surface area contributed by atoms with Gasteiger partial charge in [0.25, 0.3) is 10.0 Å². The second-order valence-corrected chi connectivity index (χ2v) is 7.79. The molecule has 2 N–H and O–H groups in total. The average molecular weight is 439 g/mol. The number of hydrogen-bond acceptors (Lipinski definition) is 5. The van der Waals surface area contributed by atoms with E-state index in [1.165, 1.54) is 0 Å². The fourth-order valence-electron chi connectivity index (χ4n) is 3.17. The van der Waals surface area contributed by atoms with Crippen LogP contribution in [-0.2, 0) is 53.3 Å². The molecule has 2 heterocycles. The van der Waals surface area contributed by atoms with E-state index in [1.54, 1.807) is 23.1 Å². The van der Waals surface area contributed by atoms with E-state index in [0.29, 0.717) is 30.0 Å². The summed E-state index contributed by atoms with van der Waals surface area (Å²) in [6.07, 6.45) is 1.89. The Morgan fingerprint density at radius 3 is 2.92 bits per heavy atom. The SMILES string of the molecule is [CH2-]C(=O)N1CCCC(COc2cccc3c2C(N)=NS(=O)(=O)C3)C1.[Y]. The number of nitrogens with two attached hydrogens (primary N) is 1. The Balaban J connectivity index is 0.00000225. The quantitative estimate of drug-likeness (QED) is 0.699. The van der Waals surface area contributed by atoms with Crippen LogP contribution < -0.4 is 10.5 Å². The van der Waals surface area contributed by atoms with Crippen LogP contribution in [0.3, 0.4) is 0 Å². The molecule has 25 heavy (non-hydrogen) atoms. The minimum Gasteiger partial charge on any atom is -0.492 e. The zero-order valence-corrected chi connectivity index (χ0v) is 17.5. The molecule has 1 aromatic rings. The number of carbonyl (C=O) groups is 1. The van der Waals surface area contributed by atoms with Crippen LogP contribution >= 0.6 is 0 Å². The van der Waals surface area contributed by atoms with Crippen molar-refractivity contribution < 1.29 is 50.7 Å². The molecule has 9 heteroatoms. The van der Waals surface area contributed by atoms with Crippen molar-refractivity contribution in [3.8, 4) is 5.75 Å². The number of piperidine rings is 1. The molecule has 2 aliphatic rings. The number of likely N-dealkylation sites (tertiary alicyclic amines) is 1. The average Bonchev–Trinajstić information content (AvgIpc) is 2.51. The second-order valence-electron chi connectivity index (χ2n) is 6.15. The van der Waals surface area contributed by atoms with Crippen molar-refractivity contribution >= 4 is 21.8 Å². The third-order valence-corrected chi connectivity index (χ3v) is 5.44. The van der Waals surface area contributed by atoms with Crippen molar-refractivity contribution in [3.63, 3.8) is 0 Å². The van der Waals surface area contributed by atoms with E-state index >= 15 is 0 Å². The molecule has 0 bridgehead atoms. The Labute approximate surface area is 172 Å². The summed E-state index contributed by atoms with van der Waals surface area (Å²) in [6.45, 7) is 5.24. The molecule has 0 aromatic heterocycles. The molecule has 1 atom stereocenters. The Morgan fingerprint density at radius 1 is 1.44 bits per heavy atom. The molecule has 1 fully saturated rings. The number of benzene rings is 1. The fourth-order valence-corrected chi connectivity index (χ4v) is 4.26. The van der Waals surface area contributed by atoms with Gasteiger partial charge < -0.3 is 27.1 Å². The molecule has 1 saturated heterocycles. The molecule has 2 aliphatic heterocycles. The monoisotopic (exact) mass is 439 g/mol. The normalized spacial score (nSPS) is 21.5. The molecule has 1 unspecified atom stereocenters. The van der Waals surface area contributed by atoms with Crippen LogP contribution in [0.5, 0.6) is 5.75 Å². The Hall–Kier alpha value is -1.12. The van der Waals surface area contributed by atoms with Gasteiger partial charge in [0.05, 0.1) is 23.8 Å². The zero-order chi connectivity index (χ0) is 17.3. The van der Waals surface area contributed by atoms with Gasteiger partial charge in [-0.05, 0) is 24.5 Å². The molecule has 1 aromatic carbocycles. The van der Waals surface area contributed by atoms with Crippen molar-refractivity contribution in [1.82, 2.24) is 4.90 Å². The standard InChI is InChI=1S/C16H20N3O4S.Y/c1-11(20)19-7-3-4-12(8-19)9-23-14-6-2-5-13-10-24(21,22)18-16(17)15(13)14;/h2,5-6,12H,1,3-4,7-10H2,(H2,17,18);/q-1;. The summed E-state index contributed by atoms with van der Waals surface area (Å²) in [6, 6.07) is 5.21. The molecule has 0 aliphatic carbocycles. The zero-order valence-electron chi connectivity index (χ0n) is 13.8. The molecule has 7 nitrogen and oxygen atoms in total. The largest absolute Gasteiger partial charge is 0.492 e. The number of nitrogens with zero attached hydrogens (tertiary/aromatic N) is 2. The number of hydrogen-bond donors (Lipinski definition) is 1. The molecule has 1 radical (unpaired) electrons. The number of amidine groups is 1. The van der Waals surface area contributed by atoms with E-state index in [1.807, 2.05) is 0 Å². The summed E-state index contributed by atoms with van der Waals surface area (Å²) in [5.74, 6) is 0.365. The van der Waals surface area contributed by atoms with Crippen LogP contribution in [0.25, 0.3) is 0 Å². The third kappa shape index (κ3) is 4.74. The number of amides is 1. The summed E-state index contributed by atoms with van der Waals surface area (Å²) in [7, 11) is -3.56. The third-order valence-electron chi connectivity index (χ3n) is 4.29. The van der Waals surface area contributed by atoms with Crippen molar-refractivity contribution in [2.24, 2.45) is 16.0 Å². The van der Waals surface area contributed by atoms with Gasteiger partial charge in [0.2, 0.25) is 0 Å². The summed E-state index contributed by atoms with van der Waals surface area (Å²) in [5, 5.41) is 0. The summed E-state index contributed by atoms with van der Waals surface area (Å²) in [5.41, 5.74) is 6.97. The molecular weight excluding hydrogens is 419 g/mol. The van der Waals surface area contributed by atoms with Gasteiger partial charge in [-0.3, -0.25) is 0 Å². The van der Waals surface area contributed by atoms with Crippen LogP contribution in [-0.4, -0.2) is 44.8 Å². The van der Waals surface area contributed by atoms with Crippen molar-refractivity contribution in [3.05, 3.63) is 36.2 Å². The molecule has 133 valence electrons. The first-order valence-corrected chi connectivity index (χ1v) is 9.40. The van der Waals surface area contributed by atoms with Crippen LogP contribution in [0, 0.1) is 12.8 Å². The number of rotatable bonds is 3. The number of carbonyl (C=O) groups excluding carboxylic acids is 1. The van der Waals surface area contributed by atoms with Crippen LogP contribution in [0.15, 0.2) is 22.6 Å². The Kier molecular flexibility index (Phi) is 6.51. The van der Waals surface area contributed by atoms with Gasteiger partial charge >= 0.3 is 0 Å². The first-order valence-electron chi connectivity index (χ1n) is 7.80. The first-order chi connectivity index (χ1) is 11.4. The summed E-state index contributed by atoms with van der Waals surface area (Å²) < 4.78 is 32.8. The number of sulfonamides is 1. The molecule has 1 amide bonds. The number of ether oxygens (including phenoxy) is 1. The smallest absolute Gasteiger partial charge is 0.259 e. The molecule has 0 spiro atoms. The predicted molar refractivity (Wildman–Crippen MR) is 89.9 cm³/mol. The molecule has 3 rings (SSSR count).